The monoisotopic (exact) mass is 649 g/mol. The number of pyridine rings is 1. The predicted molar refractivity (Wildman–Crippen MR) is 171 cm³/mol. The van der Waals surface area contributed by atoms with Crippen molar-refractivity contribution in [2.75, 3.05) is 25.6 Å². The zero-order valence-electron chi connectivity index (χ0n) is 25.5. The molecule has 4 aromatic rings. The first kappa shape index (κ1) is 31.6. The number of halogens is 2. The number of aliphatic hydroxyl groups is 1. The van der Waals surface area contributed by atoms with Gasteiger partial charge in [0.1, 0.15) is 5.56 Å². The quantitative estimate of drug-likeness (QED) is 0.276. The molecule has 0 bridgehead atoms. The number of hydrogen-bond acceptors (Lipinski definition) is 8. The topological polar surface area (TPSA) is 137 Å². The summed E-state index contributed by atoms with van der Waals surface area (Å²) < 4.78 is 29.0. The molecule has 240 valence electrons. The van der Waals surface area contributed by atoms with E-state index in [1.54, 1.807) is 37.4 Å². The van der Waals surface area contributed by atoms with Crippen molar-refractivity contribution in [1.29, 1.82) is 0 Å². The average Bonchev–Trinajstić information content (AvgIpc) is 3.46. The second kappa shape index (κ2) is 12.8. The summed E-state index contributed by atoms with van der Waals surface area (Å²) in [4.78, 5) is 42.3. The molecule has 3 atom stereocenters. The van der Waals surface area contributed by atoms with Gasteiger partial charge in [0.15, 0.2) is 5.82 Å². The molecule has 6 rings (SSSR count). The van der Waals surface area contributed by atoms with Gasteiger partial charge in [-0.25, -0.2) is 14.2 Å². The maximum absolute atomic E-state index is 16.0. The van der Waals surface area contributed by atoms with Crippen LogP contribution in [0.4, 0.5) is 10.1 Å². The Bertz CT molecular complexity index is 1960. The maximum Gasteiger partial charge on any atom is 0.330 e. The average molecular weight is 650 g/mol. The van der Waals surface area contributed by atoms with Crippen molar-refractivity contribution in [2.24, 2.45) is 14.1 Å². The van der Waals surface area contributed by atoms with Crippen molar-refractivity contribution in [3.05, 3.63) is 97.0 Å². The number of ether oxygens (including phenoxy) is 2. The van der Waals surface area contributed by atoms with Crippen molar-refractivity contribution in [3.63, 3.8) is 0 Å². The van der Waals surface area contributed by atoms with Gasteiger partial charge in [-0.15, -0.1) is 0 Å². The molecule has 1 aliphatic carbocycles. The minimum Gasteiger partial charge on any atom is -0.481 e. The fourth-order valence-corrected chi connectivity index (χ4v) is 6.49. The van der Waals surface area contributed by atoms with Crippen LogP contribution in [-0.4, -0.2) is 57.6 Å². The van der Waals surface area contributed by atoms with Crippen LogP contribution in [0.2, 0.25) is 5.02 Å². The zero-order chi connectivity index (χ0) is 32.7. The van der Waals surface area contributed by atoms with Crippen LogP contribution in [-0.2, 0) is 25.3 Å². The van der Waals surface area contributed by atoms with Crippen LogP contribution >= 0.6 is 11.6 Å². The molecule has 2 aromatic heterocycles. The minimum atomic E-state index is -0.861. The Balaban J connectivity index is 1.31. The van der Waals surface area contributed by atoms with E-state index in [1.165, 1.54) is 20.2 Å². The lowest BCUT2D eigenvalue weighted by atomic mass is 9.98. The maximum atomic E-state index is 16.0. The van der Waals surface area contributed by atoms with Gasteiger partial charge in [0.2, 0.25) is 5.88 Å². The number of aliphatic hydroxyl groups excluding tert-OH is 1. The lowest BCUT2D eigenvalue weighted by Gasteiger charge is -2.31. The Morgan fingerprint density at radius 3 is 2.63 bits per heavy atom. The van der Waals surface area contributed by atoms with Crippen LogP contribution in [0.5, 0.6) is 5.88 Å². The summed E-state index contributed by atoms with van der Waals surface area (Å²) in [6.07, 6.45) is 2.81. The van der Waals surface area contributed by atoms with Crippen molar-refractivity contribution < 1.29 is 23.8 Å². The third kappa shape index (κ3) is 5.73. The number of aryl methyl sites for hydroxylation is 2. The molecule has 1 amide bonds. The SMILES string of the molecule is COc1nc(-c2cccc(-c3cccc(NC(=O)c4cn(C)c(=O)n(C)c4=O)c3F)c2Cl)cc2c1[C@H](N[C@@H]1CCOC[C@@H]1O)CC2. The second-order valence-corrected chi connectivity index (χ2v) is 11.9. The molecular formula is C33H33ClFN5O6. The van der Waals surface area contributed by atoms with Gasteiger partial charge in [0.25, 0.3) is 11.5 Å². The molecule has 13 heteroatoms. The summed E-state index contributed by atoms with van der Waals surface area (Å²) in [5.74, 6) is -1.16. The summed E-state index contributed by atoms with van der Waals surface area (Å²) in [6, 6.07) is 11.5. The summed E-state index contributed by atoms with van der Waals surface area (Å²) >= 11 is 6.93. The number of aromatic nitrogens is 3. The van der Waals surface area contributed by atoms with Crippen LogP contribution in [0.1, 0.15) is 40.4 Å². The summed E-state index contributed by atoms with van der Waals surface area (Å²) in [5.41, 5.74) is 1.76. The van der Waals surface area contributed by atoms with Crippen molar-refractivity contribution in [3.8, 4) is 28.3 Å². The van der Waals surface area contributed by atoms with E-state index in [9.17, 15) is 19.5 Å². The number of amides is 1. The van der Waals surface area contributed by atoms with Gasteiger partial charge in [-0.2, -0.15) is 0 Å². The molecule has 0 radical (unpaired) electrons. The Labute approximate surface area is 268 Å². The van der Waals surface area contributed by atoms with Crippen LogP contribution < -0.4 is 26.6 Å². The molecular weight excluding hydrogens is 617 g/mol. The van der Waals surface area contributed by atoms with E-state index in [2.05, 4.69) is 10.6 Å². The van der Waals surface area contributed by atoms with Gasteiger partial charge >= 0.3 is 5.69 Å². The van der Waals surface area contributed by atoms with E-state index in [-0.39, 0.29) is 33.9 Å². The van der Waals surface area contributed by atoms with Crippen LogP contribution in [0.15, 0.2) is 58.3 Å². The van der Waals surface area contributed by atoms with Crippen molar-refractivity contribution in [1.82, 2.24) is 19.4 Å². The van der Waals surface area contributed by atoms with Crippen LogP contribution in [0, 0.1) is 5.82 Å². The Kier molecular flexibility index (Phi) is 8.80. The highest BCUT2D eigenvalue weighted by Gasteiger charge is 2.33. The number of rotatable bonds is 7. The largest absolute Gasteiger partial charge is 0.481 e. The third-order valence-electron chi connectivity index (χ3n) is 8.60. The molecule has 2 aromatic carbocycles. The van der Waals surface area contributed by atoms with E-state index in [1.807, 2.05) is 6.07 Å². The first-order valence-electron chi connectivity index (χ1n) is 14.8. The highest BCUT2D eigenvalue weighted by molar-refractivity contribution is 6.36. The Morgan fingerprint density at radius 2 is 1.87 bits per heavy atom. The van der Waals surface area contributed by atoms with Gasteiger partial charge in [-0.3, -0.25) is 14.2 Å². The molecule has 3 heterocycles. The van der Waals surface area contributed by atoms with Crippen molar-refractivity contribution in [2.45, 2.75) is 37.5 Å². The van der Waals surface area contributed by atoms with Crippen LogP contribution in [0.25, 0.3) is 22.4 Å². The minimum absolute atomic E-state index is 0.0425. The van der Waals surface area contributed by atoms with E-state index in [4.69, 9.17) is 26.1 Å². The third-order valence-corrected chi connectivity index (χ3v) is 9.01. The lowest BCUT2D eigenvalue weighted by Crippen LogP contribution is -2.47. The lowest BCUT2D eigenvalue weighted by molar-refractivity contribution is -0.0304. The first-order valence-corrected chi connectivity index (χ1v) is 15.2. The molecule has 46 heavy (non-hydrogen) atoms. The molecule has 2 aliphatic rings. The number of benzene rings is 2. The Hall–Kier alpha value is -4.36. The smallest absolute Gasteiger partial charge is 0.330 e. The predicted octanol–water partition coefficient (Wildman–Crippen LogP) is 3.59. The highest BCUT2D eigenvalue weighted by Crippen LogP contribution is 2.43. The molecule has 1 fully saturated rings. The van der Waals surface area contributed by atoms with Gasteiger partial charge in [-0.05, 0) is 37.0 Å². The van der Waals surface area contributed by atoms with Crippen molar-refractivity contribution >= 4 is 23.2 Å². The summed E-state index contributed by atoms with van der Waals surface area (Å²) in [6.45, 7) is 0.883. The number of nitrogens with one attached hydrogen (secondary N) is 2. The molecule has 1 saturated heterocycles. The van der Waals surface area contributed by atoms with E-state index >= 15 is 4.39 Å². The summed E-state index contributed by atoms with van der Waals surface area (Å²) in [5, 5.41) is 16.7. The van der Waals surface area contributed by atoms with Gasteiger partial charge in [-0.1, -0.05) is 41.9 Å². The molecule has 11 nitrogen and oxygen atoms in total. The number of fused-ring (bicyclic) bond motifs is 1. The molecule has 1 aliphatic heterocycles. The van der Waals surface area contributed by atoms with Gasteiger partial charge in [0, 0.05) is 61.2 Å². The number of hydrogen-bond donors (Lipinski definition) is 3. The number of anilines is 1. The fraction of sp³-hybridized carbons (Fsp3) is 0.333. The van der Waals surface area contributed by atoms with E-state index < -0.39 is 29.1 Å². The molecule has 0 spiro atoms. The first-order chi connectivity index (χ1) is 22.1. The molecule has 0 saturated carbocycles. The highest BCUT2D eigenvalue weighted by atomic mass is 35.5. The van der Waals surface area contributed by atoms with Gasteiger partial charge < -0.3 is 29.8 Å². The second-order valence-electron chi connectivity index (χ2n) is 11.5. The zero-order valence-corrected chi connectivity index (χ0v) is 26.2. The standard InChI is InChI=1S/C33H33ClFN5O6/c1-39-15-21(32(43)40(2)33(39)44)30(42)37-24-9-5-7-19(29(24)35)18-6-4-8-20(28(18)34)25-14-17-10-11-23(27(17)31(38-25)45-3)36-22-12-13-46-16-26(22)41/h4-9,14-15,22-23,26,36,41H,10-13,16H2,1-3H3,(H,37,42)/t22-,23-,26+/m1/s1. The number of carbonyl (C=O) groups is 1. The number of methoxy groups -OCH3 is 1. The normalized spacial score (nSPS) is 19.1. The molecule has 3 N–H and O–H groups in total. The fourth-order valence-electron chi connectivity index (χ4n) is 6.17. The van der Waals surface area contributed by atoms with E-state index in [0.29, 0.717) is 42.3 Å². The van der Waals surface area contributed by atoms with E-state index in [0.717, 1.165) is 39.3 Å². The van der Waals surface area contributed by atoms with Crippen LogP contribution in [0.3, 0.4) is 0 Å². The number of carbonyl (C=O) groups excluding carboxylic acids is 1. The molecule has 0 unspecified atom stereocenters. The summed E-state index contributed by atoms with van der Waals surface area (Å²) in [7, 11) is 4.23. The number of nitrogens with zero attached hydrogens (tertiary/aromatic N) is 3. The Morgan fingerprint density at radius 1 is 1.13 bits per heavy atom. The van der Waals surface area contributed by atoms with Gasteiger partial charge in [0.05, 0.1) is 36.2 Å².